The predicted octanol–water partition coefficient (Wildman–Crippen LogP) is 8.83. The van der Waals surface area contributed by atoms with Gasteiger partial charge in [0.1, 0.15) is 41.3 Å². The molecule has 1 unspecified atom stereocenters. The molecule has 14 heteroatoms. The third kappa shape index (κ3) is 10.9. The molecule has 57 heavy (non-hydrogen) atoms. The minimum atomic E-state index is -0.414. The van der Waals surface area contributed by atoms with Crippen molar-refractivity contribution >= 4 is 35.1 Å². The Morgan fingerprint density at radius 2 is 1.75 bits per heavy atom. The van der Waals surface area contributed by atoms with Gasteiger partial charge in [0.05, 0.1) is 36.7 Å². The number of amides is 2. The van der Waals surface area contributed by atoms with E-state index < -0.39 is 6.03 Å². The monoisotopic (exact) mass is 817 g/mol. The highest BCUT2D eigenvalue weighted by atomic mass is 35.5. The van der Waals surface area contributed by atoms with E-state index >= 15 is 0 Å². The number of urea groups is 1. The van der Waals surface area contributed by atoms with Crippen molar-refractivity contribution in [3.05, 3.63) is 127 Å². The maximum Gasteiger partial charge on any atom is 0.320 e. The number of carbonyl (C=O) groups is 1. The molecular formula is C43H49Cl2N5O7. The van der Waals surface area contributed by atoms with Crippen molar-refractivity contribution in [3.8, 4) is 22.9 Å². The number of nitrogens with one attached hydrogen (secondary N) is 2. The van der Waals surface area contributed by atoms with Gasteiger partial charge in [0.2, 0.25) is 0 Å². The molecule has 1 aliphatic rings. The second kappa shape index (κ2) is 19.0. The molecule has 302 valence electrons. The normalized spacial score (nSPS) is 14.3. The van der Waals surface area contributed by atoms with Crippen LogP contribution < -0.4 is 30.4 Å². The molecule has 0 spiro atoms. The van der Waals surface area contributed by atoms with Gasteiger partial charge in [-0.3, -0.25) is 10.1 Å². The number of anilines is 1. The van der Waals surface area contributed by atoms with Crippen LogP contribution in [0, 0.1) is 6.92 Å². The van der Waals surface area contributed by atoms with Crippen molar-refractivity contribution in [2.75, 3.05) is 32.2 Å². The fourth-order valence-electron chi connectivity index (χ4n) is 6.28. The SMILES string of the molecule is COc1cc(Cn2c(C)cc(OCc3ccccc3CNC(=O)Nc3cc(C(C)(C)C)nn3-c3cccc(OCCOC4CCCCO4)c3)c(Cl)c2=O)ccc1Cl. The Labute approximate surface area is 342 Å². The van der Waals surface area contributed by atoms with Gasteiger partial charge < -0.3 is 33.6 Å². The Bertz CT molecular complexity index is 2230. The van der Waals surface area contributed by atoms with Gasteiger partial charge in [-0.1, -0.05) is 80.4 Å². The number of hydrogen-bond donors (Lipinski definition) is 2. The zero-order valence-corrected chi connectivity index (χ0v) is 34.4. The molecule has 5 aromatic rings. The molecule has 3 aromatic carbocycles. The van der Waals surface area contributed by atoms with E-state index in [1.165, 1.54) is 0 Å². The first-order valence-corrected chi connectivity index (χ1v) is 19.7. The summed E-state index contributed by atoms with van der Waals surface area (Å²) in [7, 11) is 1.54. The Balaban J connectivity index is 1.09. The van der Waals surface area contributed by atoms with Gasteiger partial charge in [0.15, 0.2) is 6.29 Å². The molecule has 12 nitrogen and oxygen atoms in total. The van der Waals surface area contributed by atoms with Crippen molar-refractivity contribution in [1.29, 1.82) is 0 Å². The van der Waals surface area contributed by atoms with Gasteiger partial charge in [-0.15, -0.1) is 0 Å². The summed E-state index contributed by atoms with van der Waals surface area (Å²) in [5.74, 6) is 1.94. The lowest BCUT2D eigenvalue weighted by molar-refractivity contribution is -0.165. The average Bonchev–Trinajstić information content (AvgIpc) is 3.64. The lowest BCUT2D eigenvalue weighted by atomic mass is 9.92. The molecule has 1 aliphatic heterocycles. The van der Waals surface area contributed by atoms with E-state index in [0.29, 0.717) is 41.2 Å². The Morgan fingerprint density at radius 3 is 2.51 bits per heavy atom. The van der Waals surface area contributed by atoms with Crippen molar-refractivity contribution in [1.82, 2.24) is 19.7 Å². The number of hydrogen-bond acceptors (Lipinski definition) is 8. The number of halogens is 2. The van der Waals surface area contributed by atoms with Crippen LogP contribution in [0.1, 0.15) is 68.1 Å². The lowest BCUT2D eigenvalue weighted by Crippen LogP contribution is -2.29. The number of methoxy groups -OCH3 is 1. The Hall–Kier alpha value is -5.01. The maximum atomic E-state index is 13.4. The average molecular weight is 819 g/mol. The molecule has 2 aromatic heterocycles. The number of aromatic nitrogens is 3. The molecule has 3 heterocycles. The first-order valence-electron chi connectivity index (χ1n) is 18.9. The molecule has 0 saturated carbocycles. The van der Waals surface area contributed by atoms with Crippen LogP contribution in [-0.2, 0) is 34.6 Å². The summed E-state index contributed by atoms with van der Waals surface area (Å²) in [6, 6.07) is 23.7. The first kappa shape index (κ1) is 41.6. The summed E-state index contributed by atoms with van der Waals surface area (Å²) in [6.45, 7) is 10.1. The van der Waals surface area contributed by atoms with Gasteiger partial charge in [0.25, 0.3) is 5.56 Å². The van der Waals surface area contributed by atoms with Gasteiger partial charge in [-0.05, 0) is 67.1 Å². The second-order valence-corrected chi connectivity index (χ2v) is 15.6. The zero-order valence-electron chi connectivity index (χ0n) is 32.9. The topological polar surface area (TPSA) is 127 Å². The van der Waals surface area contributed by atoms with Gasteiger partial charge >= 0.3 is 6.03 Å². The fraction of sp³-hybridized carbons (Fsp3) is 0.372. The van der Waals surface area contributed by atoms with Crippen LogP contribution in [0.4, 0.5) is 10.6 Å². The maximum absolute atomic E-state index is 13.4. The third-order valence-corrected chi connectivity index (χ3v) is 10.1. The summed E-state index contributed by atoms with van der Waals surface area (Å²) >= 11 is 12.7. The van der Waals surface area contributed by atoms with Crippen LogP contribution in [0.3, 0.4) is 0 Å². The van der Waals surface area contributed by atoms with Crippen LogP contribution in [0.2, 0.25) is 10.0 Å². The van der Waals surface area contributed by atoms with Crippen LogP contribution in [0.5, 0.6) is 17.2 Å². The minimum Gasteiger partial charge on any atom is -0.495 e. The molecule has 0 aliphatic carbocycles. The molecule has 1 saturated heterocycles. The van der Waals surface area contributed by atoms with E-state index in [1.807, 2.05) is 67.6 Å². The summed E-state index contributed by atoms with van der Waals surface area (Å²) < 4.78 is 32.1. The third-order valence-electron chi connectivity index (χ3n) is 9.49. The van der Waals surface area contributed by atoms with E-state index in [0.717, 1.165) is 53.9 Å². The number of aryl methyl sites for hydroxylation is 1. The first-order chi connectivity index (χ1) is 27.4. The highest BCUT2D eigenvalue weighted by Gasteiger charge is 2.22. The molecule has 2 N–H and O–H groups in total. The van der Waals surface area contributed by atoms with Gasteiger partial charge in [-0.2, -0.15) is 5.10 Å². The standard InChI is InChI=1S/C43H49Cl2N5O7/c1-28-21-36(40(45)41(51)49(28)26-29-16-17-34(44)35(22-29)53-5)57-27-31-12-7-6-11-30(31)25-46-42(52)47-38-24-37(43(2,3)4)48-50(38)32-13-10-14-33(23-32)54-19-20-56-39-15-8-9-18-55-39/h6-7,10-14,16-17,21-24,39H,8-9,15,18-20,25-27H2,1-5H3,(H2,46,47,52). The highest BCUT2D eigenvalue weighted by Crippen LogP contribution is 2.29. The predicted molar refractivity (Wildman–Crippen MR) is 221 cm³/mol. The number of nitrogens with zero attached hydrogens (tertiary/aromatic N) is 3. The Kier molecular flexibility index (Phi) is 13.8. The van der Waals surface area contributed by atoms with Crippen molar-refractivity contribution in [2.24, 2.45) is 0 Å². The summed E-state index contributed by atoms with van der Waals surface area (Å²) in [4.78, 5) is 26.8. The van der Waals surface area contributed by atoms with Gasteiger partial charge in [0, 0.05) is 42.5 Å². The van der Waals surface area contributed by atoms with Crippen molar-refractivity contribution in [3.63, 3.8) is 0 Å². The number of ether oxygens (including phenoxy) is 5. The number of carbonyl (C=O) groups excluding carboxylic acids is 1. The molecule has 0 radical (unpaired) electrons. The molecule has 6 rings (SSSR count). The quantitative estimate of drug-likeness (QED) is 0.100. The molecule has 0 bridgehead atoms. The van der Waals surface area contributed by atoms with E-state index in [2.05, 4.69) is 31.4 Å². The molecule has 1 atom stereocenters. The number of benzene rings is 3. The molecule has 1 fully saturated rings. The van der Waals surface area contributed by atoms with E-state index in [9.17, 15) is 9.59 Å². The Morgan fingerprint density at radius 1 is 0.947 bits per heavy atom. The fourth-order valence-corrected chi connectivity index (χ4v) is 6.69. The van der Waals surface area contributed by atoms with Crippen LogP contribution in [0.15, 0.2) is 83.7 Å². The summed E-state index contributed by atoms with van der Waals surface area (Å²) in [5.41, 5.74) is 4.02. The van der Waals surface area contributed by atoms with Crippen LogP contribution in [-0.4, -0.2) is 53.6 Å². The highest BCUT2D eigenvalue weighted by molar-refractivity contribution is 6.32. The summed E-state index contributed by atoms with van der Waals surface area (Å²) in [6.07, 6.45) is 2.89. The minimum absolute atomic E-state index is 0.0290. The van der Waals surface area contributed by atoms with Crippen LogP contribution in [0.25, 0.3) is 5.69 Å². The molecular weight excluding hydrogens is 769 g/mol. The van der Waals surface area contributed by atoms with Gasteiger partial charge in [-0.25, -0.2) is 9.48 Å². The largest absolute Gasteiger partial charge is 0.495 e. The van der Waals surface area contributed by atoms with E-state index in [4.69, 9.17) is 52.0 Å². The summed E-state index contributed by atoms with van der Waals surface area (Å²) in [5, 5.41) is 11.3. The number of rotatable bonds is 15. The van der Waals surface area contributed by atoms with Crippen LogP contribution >= 0.6 is 23.2 Å². The van der Waals surface area contributed by atoms with E-state index in [1.54, 1.807) is 34.6 Å². The van der Waals surface area contributed by atoms with E-state index in [-0.39, 0.29) is 47.7 Å². The van der Waals surface area contributed by atoms with Crippen molar-refractivity contribution < 1.29 is 28.5 Å². The number of pyridine rings is 1. The second-order valence-electron chi connectivity index (χ2n) is 14.8. The zero-order chi connectivity index (χ0) is 40.5. The smallest absolute Gasteiger partial charge is 0.320 e. The van der Waals surface area contributed by atoms with Crippen molar-refractivity contribution in [2.45, 2.75) is 78.4 Å². The lowest BCUT2D eigenvalue weighted by Gasteiger charge is -2.22. The molecule has 2 amide bonds.